The lowest BCUT2D eigenvalue weighted by Gasteiger charge is -2.34. The van der Waals surface area contributed by atoms with Crippen LogP contribution in [0.15, 0.2) is 72.2 Å². The predicted octanol–water partition coefficient (Wildman–Crippen LogP) is 2.97. The Kier molecular flexibility index (Phi) is 6.73. The molecule has 0 N–H and O–H groups in total. The van der Waals surface area contributed by atoms with Gasteiger partial charge in [-0.1, -0.05) is 12.1 Å². The van der Waals surface area contributed by atoms with Gasteiger partial charge < -0.3 is 9.64 Å². The third kappa shape index (κ3) is 4.96. The van der Waals surface area contributed by atoms with Crippen LogP contribution in [-0.2, 0) is 0 Å². The van der Waals surface area contributed by atoms with Gasteiger partial charge in [-0.3, -0.25) is 24.0 Å². The molecule has 4 aromatic rings. The lowest BCUT2D eigenvalue weighted by Crippen LogP contribution is -2.48. The first-order chi connectivity index (χ1) is 17.5. The van der Waals surface area contributed by atoms with Gasteiger partial charge in [0.15, 0.2) is 5.78 Å². The van der Waals surface area contributed by atoms with E-state index in [9.17, 15) is 9.59 Å². The largest absolute Gasteiger partial charge is 0.489 e. The second kappa shape index (κ2) is 10.2. The maximum atomic E-state index is 13.3. The van der Waals surface area contributed by atoms with Gasteiger partial charge in [0.05, 0.1) is 35.4 Å². The Hall–Kier alpha value is -4.11. The van der Waals surface area contributed by atoms with E-state index in [1.807, 2.05) is 26.0 Å². The molecule has 0 amide bonds. The first-order valence-electron chi connectivity index (χ1n) is 12.0. The molecular formula is C27H28N6O3. The summed E-state index contributed by atoms with van der Waals surface area (Å²) in [4.78, 5) is 43.8. The highest BCUT2D eigenvalue weighted by Gasteiger charge is 2.22. The zero-order valence-electron chi connectivity index (χ0n) is 20.4. The lowest BCUT2D eigenvalue weighted by atomic mass is 10.1. The van der Waals surface area contributed by atoms with Crippen molar-refractivity contribution in [3.63, 3.8) is 0 Å². The molecule has 5 rings (SSSR count). The molecule has 0 aliphatic carbocycles. The van der Waals surface area contributed by atoms with Gasteiger partial charge >= 0.3 is 0 Å². The van der Waals surface area contributed by atoms with Crippen LogP contribution in [0.1, 0.15) is 24.2 Å². The van der Waals surface area contributed by atoms with Crippen LogP contribution >= 0.6 is 0 Å². The first kappa shape index (κ1) is 23.6. The number of para-hydroxylation sites is 1. The zero-order valence-corrected chi connectivity index (χ0v) is 20.4. The minimum atomic E-state index is -0.209. The number of benzene rings is 2. The minimum Gasteiger partial charge on any atom is -0.489 e. The van der Waals surface area contributed by atoms with Crippen molar-refractivity contribution in [3.8, 4) is 11.4 Å². The Morgan fingerprint density at radius 3 is 2.58 bits per heavy atom. The second-order valence-electron chi connectivity index (χ2n) is 9.04. The van der Waals surface area contributed by atoms with Crippen LogP contribution in [0.5, 0.6) is 5.75 Å². The summed E-state index contributed by atoms with van der Waals surface area (Å²) >= 11 is 0. The minimum absolute atomic E-state index is 0.0119. The molecule has 0 atom stereocenters. The molecule has 1 saturated heterocycles. The van der Waals surface area contributed by atoms with E-state index in [1.54, 1.807) is 48.9 Å². The van der Waals surface area contributed by atoms with Gasteiger partial charge in [0, 0.05) is 44.1 Å². The number of rotatable bonds is 7. The fourth-order valence-corrected chi connectivity index (χ4v) is 4.36. The van der Waals surface area contributed by atoms with Crippen LogP contribution in [-0.4, -0.2) is 69.0 Å². The van der Waals surface area contributed by atoms with E-state index in [0.29, 0.717) is 34.4 Å². The Morgan fingerprint density at radius 2 is 1.83 bits per heavy atom. The van der Waals surface area contributed by atoms with Crippen LogP contribution in [0.25, 0.3) is 16.6 Å². The third-order valence-corrected chi connectivity index (χ3v) is 6.18. The van der Waals surface area contributed by atoms with Gasteiger partial charge in [0.25, 0.3) is 5.56 Å². The normalized spacial score (nSPS) is 14.4. The van der Waals surface area contributed by atoms with Gasteiger partial charge in [-0.05, 0) is 44.2 Å². The van der Waals surface area contributed by atoms with Crippen LogP contribution in [0, 0.1) is 0 Å². The number of anilines is 1. The summed E-state index contributed by atoms with van der Waals surface area (Å²) in [6.07, 6.45) is 6.50. The highest BCUT2D eigenvalue weighted by Crippen LogP contribution is 2.25. The number of piperazine rings is 1. The fraction of sp³-hybridized carbons (Fsp3) is 0.296. The summed E-state index contributed by atoms with van der Waals surface area (Å²) < 4.78 is 7.43. The van der Waals surface area contributed by atoms with Crippen molar-refractivity contribution in [1.82, 2.24) is 24.4 Å². The molecule has 0 unspecified atom stereocenters. The predicted molar refractivity (Wildman–Crippen MR) is 138 cm³/mol. The Bertz CT molecular complexity index is 1430. The van der Waals surface area contributed by atoms with Crippen molar-refractivity contribution >= 4 is 22.5 Å². The SMILES string of the molecule is CC(C)Oc1ccc(C(=O)CN2CCN(c3cnccn3)CC2)cc1-n1cnc2ccccc2c1=O. The molecule has 3 heterocycles. The average molecular weight is 485 g/mol. The van der Waals surface area contributed by atoms with Gasteiger partial charge in [-0.2, -0.15) is 0 Å². The van der Waals surface area contributed by atoms with E-state index < -0.39 is 0 Å². The molecule has 0 saturated carbocycles. The molecular weight excluding hydrogens is 456 g/mol. The summed E-state index contributed by atoms with van der Waals surface area (Å²) in [7, 11) is 0. The van der Waals surface area contributed by atoms with Crippen LogP contribution in [0.3, 0.4) is 0 Å². The van der Waals surface area contributed by atoms with Gasteiger partial charge in [0.1, 0.15) is 17.9 Å². The number of hydrogen-bond acceptors (Lipinski definition) is 8. The van der Waals surface area contributed by atoms with E-state index in [-0.39, 0.29) is 17.4 Å². The monoisotopic (exact) mass is 484 g/mol. The van der Waals surface area contributed by atoms with Crippen LogP contribution in [0.4, 0.5) is 5.82 Å². The highest BCUT2D eigenvalue weighted by molar-refractivity contribution is 5.98. The molecule has 184 valence electrons. The molecule has 9 nitrogen and oxygen atoms in total. The number of nitrogens with zero attached hydrogens (tertiary/aromatic N) is 6. The van der Waals surface area contributed by atoms with Crippen molar-refractivity contribution in [1.29, 1.82) is 0 Å². The van der Waals surface area contributed by atoms with Crippen molar-refractivity contribution in [2.75, 3.05) is 37.6 Å². The standard InChI is InChI=1S/C27H28N6O3/c1-19(2)36-25-8-7-20(15-23(25)33-18-30-22-6-4-3-5-21(22)27(33)35)24(34)17-31-11-13-32(14-12-31)26-16-28-9-10-29-26/h3-10,15-16,18-19H,11-14,17H2,1-2H3. The molecule has 2 aromatic carbocycles. The van der Waals surface area contributed by atoms with Crippen LogP contribution in [0.2, 0.25) is 0 Å². The van der Waals surface area contributed by atoms with E-state index in [2.05, 4.69) is 24.8 Å². The number of fused-ring (bicyclic) bond motifs is 1. The summed E-state index contributed by atoms with van der Waals surface area (Å²) in [5.41, 5.74) is 1.44. The molecule has 1 fully saturated rings. The van der Waals surface area contributed by atoms with E-state index >= 15 is 0 Å². The Morgan fingerprint density at radius 1 is 1.03 bits per heavy atom. The summed E-state index contributed by atoms with van der Waals surface area (Å²) in [6, 6.07) is 12.5. The number of ether oxygens (including phenoxy) is 1. The molecule has 2 aromatic heterocycles. The average Bonchev–Trinajstić information content (AvgIpc) is 2.90. The fourth-order valence-electron chi connectivity index (χ4n) is 4.36. The summed E-state index contributed by atoms with van der Waals surface area (Å²) in [5, 5.41) is 0.508. The van der Waals surface area contributed by atoms with Crippen LogP contribution < -0.4 is 15.2 Å². The van der Waals surface area contributed by atoms with E-state index in [4.69, 9.17) is 4.74 Å². The first-order valence-corrected chi connectivity index (χ1v) is 12.0. The molecule has 0 bridgehead atoms. The molecule has 9 heteroatoms. The second-order valence-corrected chi connectivity index (χ2v) is 9.04. The molecule has 1 aliphatic rings. The third-order valence-electron chi connectivity index (χ3n) is 6.18. The van der Waals surface area contributed by atoms with Crippen molar-refractivity contribution in [2.24, 2.45) is 0 Å². The Balaban J connectivity index is 1.38. The molecule has 0 spiro atoms. The smallest absolute Gasteiger partial charge is 0.265 e. The quantitative estimate of drug-likeness (QED) is 0.370. The van der Waals surface area contributed by atoms with Gasteiger partial charge in [-0.15, -0.1) is 0 Å². The highest BCUT2D eigenvalue weighted by atomic mass is 16.5. The molecule has 36 heavy (non-hydrogen) atoms. The topological polar surface area (TPSA) is 93.4 Å². The number of Topliss-reactive ketones (excluding diaryl/α,β-unsaturated/α-hetero) is 1. The number of aromatic nitrogens is 4. The van der Waals surface area contributed by atoms with E-state index in [0.717, 1.165) is 32.0 Å². The van der Waals surface area contributed by atoms with Gasteiger partial charge in [-0.25, -0.2) is 9.97 Å². The summed E-state index contributed by atoms with van der Waals surface area (Å²) in [5.74, 6) is 1.36. The number of ketones is 1. The maximum absolute atomic E-state index is 13.3. The van der Waals surface area contributed by atoms with Crippen molar-refractivity contribution in [2.45, 2.75) is 20.0 Å². The van der Waals surface area contributed by atoms with E-state index in [1.165, 1.54) is 10.9 Å². The lowest BCUT2D eigenvalue weighted by molar-refractivity contribution is 0.0926. The van der Waals surface area contributed by atoms with Crippen molar-refractivity contribution in [3.05, 3.63) is 83.3 Å². The number of hydrogen-bond donors (Lipinski definition) is 0. The maximum Gasteiger partial charge on any atom is 0.265 e. The van der Waals surface area contributed by atoms with Gasteiger partial charge in [0.2, 0.25) is 0 Å². The number of carbonyl (C=O) groups excluding carboxylic acids is 1. The van der Waals surface area contributed by atoms with Crippen molar-refractivity contribution < 1.29 is 9.53 Å². The molecule has 1 aliphatic heterocycles. The summed E-state index contributed by atoms with van der Waals surface area (Å²) in [6.45, 7) is 7.18. The Labute approximate surface area is 209 Å². The number of carbonyl (C=O) groups is 1. The zero-order chi connectivity index (χ0) is 25.1. The molecule has 0 radical (unpaired) electrons.